The molecule has 0 aliphatic rings. The molecule has 0 aliphatic heterocycles. The summed E-state index contributed by atoms with van der Waals surface area (Å²) in [5.74, 6) is 0. The van der Waals surface area contributed by atoms with Crippen molar-refractivity contribution in [2.45, 2.75) is 16.1 Å². The molecule has 2 rings (SSSR count). The van der Waals surface area contributed by atoms with Gasteiger partial charge in [0.2, 0.25) is 0 Å². The van der Waals surface area contributed by atoms with Gasteiger partial charge < -0.3 is 0 Å². The molecule has 0 bridgehead atoms. The lowest BCUT2D eigenvalue weighted by Gasteiger charge is -2.10. The summed E-state index contributed by atoms with van der Waals surface area (Å²) < 4.78 is 22.8. The van der Waals surface area contributed by atoms with Gasteiger partial charge in [0.05, 0.1) is 4.90 Å². The number of hydrogen-bond acceptors (Lipinski definition) is 2. The van der Waals surface area contributed by atoms with Crippen LogP contribution in [-0.2, 0) is 16.3 Å². The second-order valence-electron chi connectivity index (χ2n) is 4.50. The third-order valence-corrected chi connectivity index (χ3v) is 4.91. The minimum atomic E-state index is -3.11. The van der Waals surface area contributed by atoms with Crippen molar-refractivity contribution in [3.63, 3.8) is 0 Å². The van der Waals surface area contributed by atoms with E-state index < -0.39 is 9.84 Å². The minimum Gasteiger partial charge on any atom is -0.224 e. The Morgan fingerprint density at radius 3 is 2.11 bits per heavy atom. The van der Waals surface area contributed by atoms with E-state index in [9.17, 15) is 8.42 Å². The zero-order valence-corrected chi connectivity index (χ0v) is 13.0. The first-order valence-electron chi connectivity index (χ1n) is 5.95. The molecule has 0 heterocycles. The number of alkyl halides is 1. The van der Waals surface area contributed by atoms with Crippen molar-refractivity contribution in [3.8, 4) is 0 Å². The molecule has 0 amide bonds. The van der Waals surface area contributed by atoms with Crippen molar-refractivity contribution in [2.24, 2.45) is 0 Å². The average molecular weight is 339 g/mol. The summed E-state index contributed by atoms with van der Waals surface area (Å²) in [4.78, 5) is 0.597. The maximum absolute atomic E-state index is 11.4. The Morgan fingerprint density at radius 1 is 1.00 bits per heavy atom. The van der Waals surface area contributed by atoms with Gasteiger partial charge in [-0.25, -0.2) is 8.42 Å². The van der Waals surface area contributed by atoms with E-state index in [1.807, 2.05) is 30.3 Å². The van der Waals surface area contributed by atoms with Crippen LogP contribution in [0.4, 0.5) is 0 Å². The molecule has 19 heavy (non-hydrogen) atoms. The van der Waals surface area contributed by atoms with Gasteiger partial charge in [-0.05, 0) is 29.7 Å². The maximum atomic E-state index is 11.4. The first kappa shape index (κ1) is 14.3. The highest BCUT2D eigenvalue weighted by molar-refractivity contribution is 9.09. The Bertz CT molecular complexity index is 634. The summed E-state index contributed by atoms with van der Waals surface area (Å²) in [6, 6.07) is 17.2. The maximum Gasteiger partial charge on any atom is 0.175 e. The molecule has 0 fully saturated rings. The standard InChI is InChI=1S/C15H15BrO2S/c1-19(17,18)14-9-7-12(8-10-14)11-15(16)13-5-3-2-4-6-13/h2-10,15H,11H2,1H3. The Morgan fingerprint density at radius 2 is 1.58 bits per heavy atom. The minimum absolute atomic E-state index is 0.234. The Kier molecular flexibility index (Phi) is 4.42. The van der Waals surface area contributed by atoms with Crippen LogP contribution in [0.5, 0.6) is 0 Å². The molecule has 100 valence electrons. The van der Waals surface area contributed by atoms with Crippen molar-refractivity contribution in [2.75, 3.05) is 6.26 Å². The second kappa shape index (κ2) is 5.88. The Labute approximate surface area is 122 Å². The van der Waals surface area contributed by atoms with Crippen LogP contribution in [0.15, 0.2) is 59.5 Å². The first-order valence-corrected chi connectivity index (χ1v) is 8.75. The van der Waals surface area contributed by atoms with Gasteiger partial charge in [0.1, 0.15) is 0 Å². The van der Waals surface area contributed by atoms with Gasteiger partial charge >= 0.3 is 0 Å². The van der Waals surface area contributed by atoms with Crippen LogP contribution in [0, 0.1) is 0 Å². The summed E-state index contributed by atoms with van der Waals surface area (Å²) in [5.41, 5.74) is 2.33. The Balaban J connectivity index is 2.12. The summed E-state index contributed by atoms with van der Waals surface area (Å²) in [6.07, 6.45) is 2.05. The van der Waals surface area contributed by atoms with E-state index in [1.54, 1.807) is 12.1 Å². The molecule has 2 aromatic carbocycles. The first-order chi connectivity index (χ1) is 8.97. The summed E-state index contributed by atoms with van der Waals surface area (Å²) in [6.45, 7) is 0. The van der Waals surface area contributed by atoms with Crippen LogP contribution in [0.25, 0.3) is 0 Å². The van der Waals surface area contributed by atoms with Crippen LogP contribution < -0.4 is 0 Å². The highest BCUT2D eigenvalue weighted by atomic mass is 79.9. The molecule has 0 radical (unpaired) electrons. The quantitative estimate of drug-likeness (QED) is 0.795. The largest absolute Gasteiger partial charge is 0.224 e. The molecule has 1 atom stereocenters. The van der Waals surface area contributed by atoms with E-state index in [0.717, 1.165) is 12.0 Å². The molecule has 0 saturated carbocycles. The van der Waals surface area contributed by atoms with Crippen molar-refractivity contribution in [3.05, 3.63) is 65.7 Å². The molecule has 0 saturated heterocycles. The summed E-state index contributed by atoms with van der Waals surface area (Å²) in [5, 5.41) is 0. The van der Waals surface area contributed by atoms with Gasteiger partial charge in [-0.1, -0.05) is 58.4 Å². The SMILES string of the molecule is CS(=O)(=O)c1ccc(CC(Br)c2ccccc2)cc1. The third kappa shape index (κ3) is 3.91. The van der Waals surface area contributed by atoms with E-state index in [0.29, 0.717) is 4.90 Å². The molecule has 0 spiro atoms. The van der Waals surface area contributed by atoms with Crippen molar-refractivity contribution in [1.29, 1.82) is 0 Å². The third-order valence-electron chi connectivity index (χ3n) is 2.93. The molecule has 2 nitrogen and oxygen atoms in total. The number of rotatable bonds is 4. The fraction of sp³-hybridized carbons (Fsp3) is 0.200. The lowest BCUT2D eigenvalue weighted by Crippen LogP contribution is -1.99. The van der Waals surface area contributed by atoms with Crippen LogP contribution in [0.1, 0.15) is 16.0 Å². The van der Waals surface area contributed by atoms with Gasteiger partial charge in [-0.15, -0.1) is 0 Å². The molecule has 1 unspecified atom stereocenters. The number of hydrogen-bond donors (Lipinski definition) is 0. The average Bonchev–Trinajstić information content (AvgIpc) is 2.39. The molecular weight excluding hydrogens is 324 g/mol. The molecular formula is C15H15BrO2S. The second-order valence-corrected chi connectivity index (χ2v) is 7.62. The molecule has 4 heteroatoms. The van der Waals surface area contributed by atoms with Crippen molar-refractivity contribution < 1.29 is 8.42 Å². The number of halogens is 1. The number of benzene rings is 2. The lowest BCUT2D eigenvalue weighted by molar-refractivity contribution is 0.602. The lowest BCUT2D eigenvalue weighted by atomic mass is 10.0. The van der Waals surface area contributed by atoms with Crippen LogP contribution >= 0.6 is 15.9 Å². The van der Waals surface area contributed by atoms with E-state index >= 15 is 0 Å². The van der Waals surface area contributed by atoms with E-state index in [1.165, 1.54) is 11.8 Å². The Hall–Kier alpha value is -1.13. The smallest absolute Gasteiger partial charge is 0.175 e. The van der Waals surface area contributed by atoms with E-state index in [-0.39, 0.29) is 4.83 Å². The highest BCUT2D eigenvalue weighted by Crippen LogP contribution is 2.27. The van der Waals surface area contributed by atoms with Crippen LogP contribution in [0.2, 0.25) is 0 Å². The monoisotopic (exact) mass is 338 g/mol. The zero-order chi connectivity index (χ0) is 13.9. The molecule has 0 aliphatic carbocycles. The van der Waals surface area contributed by atoms with Gasteiger partial charge in [0.25, 0.3) is 0 Å². The van der Waals surface area contributed by atoms with E-state index in [4.69, 9.17) is 0 Å². The molecule has 0 N–H and O–H groups in total. The summed E-state index contributed by atoms with van der Waals surface area (Å²) in [7, 11) is -3.11. The van der Waals surface area contributed by atoms with Gasteiger partial charge in [-0.2, -0.15) is 0 Å². The highest BCUT2D eigenvalue weighted by Gasteiger charge is 2.10. The van der Waals surface area contributed by atoms with Crippen molar-refractivity contribution in [1.82, 2.24) is 0 Å². The topological polar surface area (TPSA) is 34.1 Å². The van der Waals surface area contributed by atoms with Gasteiger partial charge in [-0.3, -0.25) is 0 Å². The van der Waals surface area contributed by atoms with Gasteiger partial charge in [0, 0.05) is 11.1 Å². The van der Waals surface area contributed by atoms with E-state index in [2.05, 4.69) is 28.1 Å². The fourth-order valence-corrected chi connectivity index (χ4v) is 3.17. The van der Waals surface area contributed by atoms with Gasteiger partial charge in [0.15, 0.2) is 9.84 Å². The molecule has 0 aromatic heterocycles. The molecule has 2 aromatic rings. The predicted molar refractivity (Wildman–Crippen MR) is 81.4 cm³/mol. The zero-order valence-electron chi connectivity index (χ0n) is 10.6. The van der Waals surface area contributed by atoms with Crippen LogP contribution in [0.3, 0.4) is 0 Å². The van der Waals surface area contributed by atoms with Crippen LogP contribution in [-0.4, -0.2) is 14.7 Å². The number of sulfone groups is 1. The fourth-order valence-electron chi connectivity index (χ4n) is 1.86. The normalized spacial score (nSPS) is 13.2. The van der Waals surface area contributed by atoms with Crippen molar-refractivity contribution >= 4 is 25.8 Å². The summed E-state index contributed by atoms with van der Waals surface area (Å²) >= 11 is 3.66. The predicted octanol–water partition coefficient (Wildman–Crippen LogP) is 3.77.